The number of nitrogens with zero attached hydrogens (tertiary/aromatic N) is 1. The average Bonchev–Trinajstić information content (AvgIpc) is 3.32. The Bertz CT molecular complexity index is 940. The number of nitrogens with one attached hydrogen (secondary N) is 3. The first-order valence-corrected chi connectivity index (χ1v) is 11.9. The summed E-state index contributed by atoms with van der Waals surface area (Å²) in [6, 6.07) is 5.22. The van der Waals surface area contributed by atoms with Gasteiger partial charge in [-0.1, -0.05) is 26.8 Å². The van der Waals surface area contributed by atoms with Crippen molar-refractivity contribution >= 4 is 28.6 Å². The number of hydrogen-bond donors (Lipinski definition) is 3. The van der Waals surface area contributed by atoms with Gasteiger partial charge in [0.1, 0.15) is 5.50 Å². The number of amides is 1. The van der Waals surface area contributed by atoms with E-state index in [-0.39, 0.29) is 22.7 Å². The Morgan fingerprint density at radius 3 is 2.86 bits per heavy atom. The minimum atomic E-state index is 0.0399. The van der Waals surface area contributed by atoms with E-state index in [4.69, 9.17) is 0 Å². The molecule has 1 aromatic carbocycles. The van der Waals surface area contributed by atoms with Gasteiger partial charge in [0, 0.05) is 47.9 Å². The second-order valence-corrected chi connectivity index (χ2v) is 11.2. The summed E-state index contributed by atoms with van der Waals surface area (Å²) in [5.41, 5.74) is 5.67. The summed E-state index contributed by atoms with van der Waals surface area (Å²) in [6.07, 6.45) is 4.20. The third-order valence-corrected chi connectivity index (χ3v) is 8.08. The largest absolute Gasteiger partial charge is 0.361 e. The lowest BCUT2D eigenvalue weighted by molar-refractivity contribution is -0.127. The van der Waals surface area contributed by atoms with Crippen molar-refractivity contribution in [2.45, 2.75) is 56.5 Å². The maximum Gasteiger partial charge on any atom is 0.226 e. The van der Waals surface area contributed by atoms with Gasteiger partial charge in [0.25, 0.3) is 0 Å². The van der Waals surface area contributed by atoms with E-state index in [1.807, 2.05) is 0 Å². The lowest BCUT2D eigenvalue weighted by Gasteiger charge is -2.45. The minimum Gasteiger partial charge on any atom is -0.361 e. The summed E-state index contributed by atoms with van der Waals surface area (Å²) in [5, 5.41) is 7.98. The molecule has 2 fully saturated rings. The standard InChI is InChI=1S/C23H32N4OS/c1-23(2,3)15-9-17-16-7-14(21(28)26-22-24-5-6-29-22)12-27(4)19(16)8-13-11-25-18(10-15)20(13)17/h9-11,14,16,19,22,24-25H,5-8,12H2,1-4H3,(H,26,28)/t14?,16-,19-,22?/m1/s1. The number of rotatable bonds is 2. The molecule has 3 N–H and O–H groups in total. The highest BCUT2D eigenvalue weighted by molar-refractivity contribution is 8.00. The molecule has 1 aromatic heterocycles. The first kappa shape index (κ1) is 19.5. The van der Waals surface area contributed by atoms with Crippen LogP contribution in [0.2, 0.25) is 0 Å². The molecule has 2 unspecified atom stereocenters. The molecule has 29 heavy (non-hydrogen) atoms. The SMILES string of the molecule is CN1CC(C(=O)NC2NCCS2)C[C@@H]2c3cc(C(C)(C)C)cc4[nH]cc(c34)C[C@H]21. The summed E-state index contributed by atoms with van der Waals surface area (Å²) in [6.45, 7) is 8.65. The summed E-state index contributed by atoms with van der Waals surface area (Å²) in [4.78, 5) is 19.0. The summed E-state index contributed by atoms with van der Waals surface area (Å²) < 4.78 is 0. The number of benzene rings is 1. The van der Waals surface area contributed by atoms with Crippen LogP contribution in [0.4, 0.5) is 0 Å². The van der Waals surface area contributed by atoms with E-state index in [0.29, 0.717) is 12.0 Å². The number of H-pyrrole nitrogens is 1. The maximum atomic E-state index is 13.0. The van der Waals surface area contributed by atoms with E-state index >= 15 is 0 Å². The number of fused-ring (bicyclic) bond motifs is 2. The van der Waals surface area contributed by atoms with Gasteiger partial charge in [-0.05, 0) is 48.1 Å². The Balaban J connectivity index is 1.49. The van der Waals surface area contributed by atoms with Crippen LogP contribution in [0.5, 0.6) is 0 Å². The predicted molar refractivity (Wildman–Crippen MR) is 120 cm³/mol. The number of thioether (sulfide) groups is 1. The van der Waals surface area contributed by atoms with Gasteiger partial charge < -0.3 is 15.2 Å². The highest BCUT2D eigenvalue weighted by atomic mass is 32.2. The lowest BCUT2D eigenvalue weighted by Crippen LogP contribution is -2.53. The van der Waals surface area contributed by atoms with Gasteiger partial charge >= 0.3 is 0 Å². The summed E-state index contributed by atoms with van der Waals surface area (Å²) >= 11 is 1.79. The minimum absolute atomic E-state index is 0.0399. The zero-order valence-electron chi connectivity index (χ0n) is 17.8. The summed E-state index contributed by atoms with van der Waals surface area (Å²) in [7, 11) is 2.20. The number of likely N-dealkylation sites (tertiary alicyclic amines) is 1. The van der Waals surface area contributed by atoms with Gasteiger partial charge in [0.2, 0.25) is 5.91 Å². The van der Waals surface area contributed by atoms with Crippen molar-refractivity contribution in [1.29, 1.82) is 0 Å². The quantitative estimate of drug-likeness (QED) is 0.709. The van der Waals surface area contributed by atoms with Crippen LogP contribution in [-0.2, 0) is 16.6 Å². The van der Waals surface area contributed by atoms with Crippen LogP contribution >= 0.6 is 11.8 Å². The van der Waals surface area contributed by atoms with E-state index in [1.54, 1.807) is 11.8 Å². The molecule has 3 heterocycles. The highest BCUT2D eigenvalue weighted by Gasteiger charge is 2.42. The van der Waals surface area contributed by atoms with Crippen LogP contribution in [0.15, 0.2) is 18.3 Å². The summed E-state index contributed by atoms with van der Waals surface area (Å²) in [5.74, 6) is 1.71. The topological polar surface area (TPSA) is 60.2 Å². The van der Waals surface area contributed by atoms with Crippen molar-refractivity contribution in [3.05, 3.63) is 35.0 Å². The number of piperidine rings is 1. The van der Waals surface area contributed by atoms with Crippen molar-refractivity contribution < 1.29 is 4.79 Å². The number of carbonyl (C=O) groups is 1. The van der Waals surface area contributed by atoms with Crippen molar-refractivity contribution in [1.82, 2.24) is 20.5 Å². The van der Waals surface area contributed by atoms with Crippen molar-refractivity contribution in [2.75, 3.05) is 25.9 Å². The molecule has 2 saturated heterocycles. The maximum absolute atomic E-state index is 13.0. The van der Waals surface area contributed by atoms with Crippen molar-refractivity contribution in [2.24, 2.45) is 5.92 Å². The molecular formula is C23H32N4OS. The first-order valence-electron chi connectivity index (χ1n) is 10.8. The molecule has 4 atom stereocenters. The monoisotopic (exact) mass is 412 g/mol. The van der Waals surface area contributed by atoms with Gasteiger partial charge in [0.15, 0.2) is 0 Å². The molecule has 0 bridgehead atoms. The fraction of sp³-hybridized carbons (Fsp3) is 0.609. The molecule has 2 aromatic rings. The Morgan fingerprint density at radius 1 is 1.31 bits per heavy atom. The number of aromatic amines is 1. The molecule has 5 nitrogen and oxygen atoms in total. The molecule has 0 radical (unpaired) electrons. The number of likely N-dealkylation sites (N-methyl/N-ethyl adjacent to an activating group) is 1. The van der Waals surface area contributed by atoms with Crippen LogP contribution in [0.3, 0.4) is 0 Å². The molecule has 156 valence electrons. The highest BCUT2D eigenvalue weighted by Crippen LogP contribution is 2.46. The van der Waals surface area contributed by atoms with E-state index in [9.17, 15) is 4.79 Å². The second kappa shape index (κ2) is 7.03. The zero-order valence-corrected chi connectivity index (χ0v) is 18.7. The molecule has 0 spiro atoms. The Kier molecular flexibility index (Phi) is 4.72. The predicted octanol–water partition coefficient (Wildman–Crippen LogP) is 3.16. The van der Waals surface area contributed by atoms with Gasteiger partial charge in [-0.2, -0.15) is 0 Å². The number of hydrogen-bond acceptors (Lipinski definition) is 4. The molecule has 6 heteroatoms. The molecule has 0 saturated carbocycles. The molecule has 3 aliphatic rings. The number of carbonyl (C=O) groups excluding carboxylic acids is 1. The molecule has 5 rings (SSSR count). The van der Waals surface area contributed by atoms with Gasteiger partial charge in [-0.3, -0.25) is 10.1 Å². The fourth-order valence-electron chi connectivity index (χ4n) is 5.40. The molecular weight excluding hydrogens is 380 g/mol. The average molecular weight is 413 g/mol. The first-order chi connectivity index (χ1) is 13.8. The smallest absolute Gasteiger partial charge is 0.226 e. The van der Waals surface area contributed by atoms with Crippen LogP contribution < -0.4 is 10.6 Å². The normalized spacial score (nSPS) is 29.8. The van der Waals surface area contributed by atoms with Gasteiger partial charge in [0.05, 0.1) is 5.92 Å². The van der Waals surface area contributed by atoms with Crippen LogP contribution in [-0.4, -0.2) is 53.2 Å². The van der Waals surface area contributed by atoms with Crippen molar-refractivity contribution in [3.8, 4) is 0 Å². The second-order valence-electron chi connectivity index (χ2n) is 10.0. The lowest BCUT2D eigenvalue weighted by atomic mass is 9.71. The number of aromatic nitrogens is 1. The van der Waals surface area contributed by atoms with E-state index < -0.39 is 0 Å². The van der Waals surface area contributed by atoms with E-state index in [1.165, 1.54) is 27.6 Å². The molecule has 1 aliphatic carbocycles. The molecule has 1 amide bonds. The zero-order chi connectivity index (χ0) is 20.3. The third-order valence-electron chi connectivity index (χ3n) is 7.02. The van der Waals surface area contributed by atoms with Crippen LogP contribution in [0.25, 0.3) is 10.9 Å². The molecule has 2 aliphatic heterocycles. The van der Waals surface area contributed by atoms with E-state index in [2.05, 4.69) is 66.7 Å². The Hall–Kier alpha value is -1.50. The van der Waals surface area contributed by atoms with Crippen LogP contribution in [0, 0.1) is 5.92 Å². The Morgan fingerprint density at radius 2 is 2.14 bits per heavy atom. The van der Waals surface area contributed by atoms with Crippen LogP contribution in [0.1, 0.15) is 49.8 Å². The Labute approximate surface area is 177 Å². The fourth-order valence-corrected chi connectivity index (χ4v) is 6.31. The van der Waals surface area contributed by atoms with E-state index in [0.717, 1.165) is 31.7 Å². The van der Waals surface area contributed by atoms with Crippen molar-refractivity contribution in [3.63, 3.8) is 0 Å². The van der Waals surface area contributed by atoms with Gasteiger partial charge in [-0.25, -0.2) is 0 Å². The van der Waals surface area contributed by atoms with Gasteiger partial charge in [-0.15, -0.1) is 11.8 Å². The third kappa shape index (κ3) is 3.39.